The summed E-state index contributed by atoms with van der Waals surface area (Å²) in [5.74, 6) is 0.939. The predicted octanol–water partition coefficient (Wildman–Crippen LogP) is 1.03. The minimum Gasteiger partial charge on any atom is -0.313 e. The minimum atomic E-state index is -0.154. The van der Waals surface area contributed by atoms with Crippen LogP contribution in [0.4, 0.5) is 0 Å². The van der Waals surface area contributed by atoms with E-state index in [0.717, 1.165) is 18.0 Å². The number of hydrogen-bond acceptors (Lipinski definition) is 4. The summed E-state index contributed by atoms with van der Waals surface area (Å²) in [7, 11) is 0. The third-order valence-electron chi connectivity index (χ3n) is 3.56. The Balaban J connectivity index is 1.64. The molecule has 0 radical (unpaired) electrons. The van der Waals surface area contributed by atoms with Gasteiger partial charge in [0.2, 0.25) is 0 Å². The molecule has 20 heavy (non-hydrogen) atoms. The number of carbonyl (C=O) groups excluding carboxylic acids is 1. The van der Waals surface area contributed by atoms with E-state index < -0.39 is 0 Å². The second-order valence-corrected chi connectivity index (χ2v) is 5.37. The van der Waals surface area contributed by atoms with E-state index in [-0.39, 0.29) is 11.3 Å². The molecule has 1 aromatic carbocycles. The van der Waals surface area contributed by atoms with Crippen molar-refractivity contribution in [1.29, 1.82) is 0 Å². The highest BCUT2D eigenvalue weighted by molar-refractivity contribution is 5.85. The molecule has 1 aromatic heterocycles. The molecule has 5 nitrogen and oxygen atoms in total. The maximum Gasteiger partial charge on any atom is 0.258 e. The smallest absolute Gasteiger partial charge is 0.258 e. The first-order chi connectivity index (χ1) is 9.72. The SMILES string of the molecule is O=C(CNCC1CC1)Cc1ccc2c(=O)[nH]cnc2c1. The molecule has 1 fully saturated rings. The van der Waals surface area contributed by atoms with Crippen molar-refractivity contribution in [1.82, 2.24) is 15.3 Å². The first-order valence-corrected chi connectivity index (χ1v) is 6.91. The quantitative estimate of drug-likeness (QED) is 0.823. The Morgan fingerprint density at radius 1 is 1.40 bits per heavy atom. The summed E-state index contributed by atoms with van der Waals surface area (Å²) in [5.41, 5.74) is 1.37. The van der Waals surface area contributed by atoms with Crippen LogP contribution in [0.25, 0.3) is 10.9 Å². The molecule has 0 unspecified atom stereocenters. The lowest BCUT2D eigenvalue weighted by Gasteiger charge is -2.04. The molecule has 1 aliphatic rings. The molecule has 0 saturated heterocycles. The van der Waals surface area contributed by atoms with Gasteiger partial charge in [0.15, 0.2) is 5.78 Å². The van der Waals surface area contributed by atoms with E-state index in [9.17, 15) is 9.59 Å². The summed E-state index contributed by atoms with van der Waals surface area (Å²) in [6.45, 7) is 1.36. The van der Waals surface area contributed by atoms with Crippen LogP contribution in [-0.4, -0.2) is 28.8 Å². The van der Waals surface area contributed by atoms with E-state index in [1.54, 1.807) is 6.07 Å². The molecule has 0 atom stereocenters. The number of ketones is 1. The monoisotopic (exact) mass is 271 g/mol. The van der Waals surface area contributed by atoms with Gasteiger partial charge in [-0.1, -0.05) is 6.07 Å². The lowest BCUT2D eigenvalue weighted by molar-refractivity contribution is -0.117. The van der Waals surface area contributed by atoms with E-state index >= 15 is 0 Å². The van der Waals surface area contributed by atoms with Crippen LogP contribution in [0.3, 0.4) is 0 Å². The first-order valence-electron chi connectivity index (χ1n) is 6.91. The summed E-state index contributed by atoms with van der Waals surface area (Å²) in [4.78, 5) is 30.1. The molecule has 2 aromatic rings. The molecule has 104 valence electrons. The number of hydrogen-bond donors (Lipinski definition) is 2. The molecule has 2 N–H and O–H groups in total. The molecule has 1 heterocycles. The van der Waals surface area contributed by atoms with Crippen molar-refractivity contribution >= 4 is 16.7 Å². The number of fused-ring (bicyclic) bond motifs is 1. The second-order valence-electron chi connectivity index (χ2n) is 5.37. The zero-order chi connectivity index (χ0) is 13.9. The Hall–Kier alpha value is -2.01. The summed E-state index contributed by atoms with van der Waals surface area (Å²) in [6, 6.07) is 5.35. The van der Waals surface area contributed by atoms with E-state index in [2.05, 4.69) is 15.3 Å². The Labute approximate surface area is 116 Å². The molecule has 1 aliphatic carbocycles. The van der Waals surface area contributed by atoms with Crippen LogP contribution in [0.15, 0.2) is 29.3 Å². The molecule has 0 amide bonds. The number of rotatable bonds is 6. The van der Waals surface area contributed by atoms with Gasteiger partial charge < -0.3 is 10.3 Å². The van der Waals surface area contributed by atoms with Gasteiger partial charge in [0, 0.05) is 6.42 Å². The Bertz CT molecular complexity index is 689. The summed E-state index contributed by atoms with van der Waals surface area (Å²) in [6.07, 6.45) is 4.33. The van der Waals surface area contributed by atoms with Crippen LogP contribution in [0, 0.1) is 5.92 Å². The number of H-pyrrole nitrogens is 1. The largest absolute Gasteiger partial charge is 0.313 e. The van der Waals surface area contributed by atoms with Crippen LogP contribution < -0.4 is 10.9 Å². The standard InChI is InChI=1S/C15H17N3O2/c19-12(8-16-7-10-1-2-10)5-11-3-4-13-14(6-11)17-9-18-15(13)20/h3-4,6,9-10,16H,1-2,5,7-8H2,(H,17,18,20). The molecule has 0 bridgehead atoms. The fourth-order valence-electron chi connectivity index (χ4n) is 2.25. The third-order valence-corrected chi connectivity index (χ3v) is 3.56. The van der Waals surface area contributed by atoms with Gasteiger partial charge in [-0.3, -0.25) is 9.59 Å². The van der Waals surface area contributed by atoms with Crippen LogP contribution in [0.5, 0.6) is 0 Å². The average molecular weight is 271 g/mol. The molecule has 1 saturated carbocycles. The van der Waals surface area contributed by atoms with Crippen molar-refractivity contribution in [3.63, 3.8) is 0 Å². The number of benzene rings is 1. The normalized spacial score (nSPS) is 14.6. The molecular formula is C15H17N3O2. The van der Waals surface area contributed by atoms with Crippen molar-refractivity contribution < 1.29 is 4.79 Å². The van der Waals surface area contributed by atoms with Crippen molar-refractivity contribution in [3.05, 3.63) is 40.4 Å². The van der Waals surface area contributed by atoms with Crippen molar-refractivity contribution in [3.8, 4) is 0 Å². The predicted molar refractivity (Wildman–Crippen MR) is 76.7 cm³/mol. The molecule has 5 heteroatoms. The molecule has 0 spiro atoms. The Morgan fingerprint density at radius 3 is 3.05 bits per heavy atom. The molecule has 3 rings (SSSR count). The van der Waals surface area contributed by atoms with E-state index in [0.29, 0.717) is 23.9 Å². The van der Waals surface area contributed by atoms with Crippen LogP contribution in [0.1, 0.15) is 18.4 Å². The van der Waals surface area contributed by atoms with Crippen molar-refractivity contribution in [2.75, 3.05) is 13.1 Å². The number of Topliss-reactive ketones (excluding diaryl/α,β-unsaturated/α-hetero) is 1. The number of aromatic amines is 1. The zero-order valence-corrected chi connectivity index (χ0v) is 11.2. The average Bonchev–Trinajstić information content (AvgIpc) is 3.23. The number of aromatic nitrogens is 2. The van der Waals surface area contributed by atoms with Gasteiger partial charge in [-0.15, -0.1) is 0 Å². The van der Waals surface area contributed by atoms with Gasteiger partial charge in [0.05, 0.1) is 23.8 Å². The second kappa shape index (κ2) is 5.54. The molecule has 0 aliphatic heterocycles. The summed E-state index contributed by atoms with van der Waals surface area (Å²) in [5, 5.41) is 3.74. The van der Waals surface area contributed by atoms with Gasteiger partial charge in [-0.05, 0) is 43.0 Å². The summed E-state index contributed by atoms with van der Waals surface area (Å²) >= 11 is 0. The van der Waals surface area contributed by atoms with Gasteiger partial charge in [-0.25, -0.2) is 4.98 Å². The van der Waals surface area contributed by atoms with E-state index in [4.69, 9.17) is 0 Å². The van der Waals surface area contributed by atoms with Gasteiger partial charge in [0.1, 0.15) is 0 Å². The number of nitrogens with zero attached hydrogens (tertiary/aromatic N) is 1. The van der Waals surface area contributed by atoms with Crippen LogP contribution >= 0.6 is 0 Å². The lowest BCUT2D eigenvalue weighted by atomic mass is 10.1. The topological polar surface area (TPSA) is 74.8 Å². The summed E-state index contributed by atoms with van der Waals surface area (Å²) < 4.78 is 0. The highest BCUT2D eigenvalue weighted by atomic mass is 16.1. The lowest BCUT2D eigenvalue weighted by Crippen LogP contribution is -2.26. The van der Waals surface area contributed by atoms with Crippen molar-refractivity contribution in [2.45, 2.75) is 19.3 Å². The minimum absolute atomic E-state index is 0.154. The number of carbonyl (C=O) groups is 1. The fraction of sp³-hybridized carbons (Fsp3) is 0.400. The van der Waals surface area contributed by atoms with Gasteiger partial charge in [0.25, 0.3) is 5.56 Å². The maximum atomic E-state index is 11.9. The Kier molecular flexibility index (Phi) is 3.60. The van der Waals surface area contributed by atoms with Crippen LogP contribution in [-0.2, 0) is 11.2 Å². The van der Waals surface area contributed by atoms with E-state index in [1.165, 1.54) is 19.2 Å². The molecular weight excluding hydrogens is 254 g/mol. The Morgan fingerprint density at radius 2 is 2.25 bits per heavy atom. The van der Waals surface area contributed by atoms with E-state index in [1.807, 2.05) is 12.1 Å². The van der Waals surface area contributed by atoms with Gasteiger partial charge in [-0.2, -0.15) is 0 Å². The number of nitrogens with one attached hydrogen (secondary N) is 2. The maximum absolute atomic E-state index is 11.9. The highest BCUT2D eigenvalue weighted by Gasteiger charge is 2.20. The van der Waals surface area contributed by atoms with Gasteiger partial charge >= 0.3 is 0 Å². The fourth-order valence-corrected chi connectivity index (χ4v) is 2.25. The first kappa shape index (κ1) is 13.0. The zero-order valence-electron chi connectivity index (χ0n) is 11.2. The van der Waals surface area contributed by atoms with Crippen molar-refractivity contribution in [2.24, 2.45) is 5.92 Å². The third kappa shape index (κ3) is 3.11. The highest BCUT2D eigenvalue weighted by Crippen LogP contribution is 2.27. The van der Waals surface area contributed by atoms with Crippen LogP contribution in [0.2, 0.25) is 0 Å².